The van der Waals surface area contributed by atoms with Gasteiger partial charge in [-0.15, -0.1) is 0 Å². The number of carbonyl (C=O) groups is 2. The first kappa shape index (κ1) is 19.7. The molecule has 7 heteroatoms. The molecule has 0 saturated heterocycles. The molecule has 1 aliphatic rings. The van der Waals surface area contributed by atoms with Gasteiger partial charge < -0.3 is 15.4 Å². The van der Waals surface area contributed by atoms with E-state index in [1.165, 1.54) is 18.2 Å². The molecule has 1 aliphatic carbocycles. The Kier molecular flexibility index (Phi) is 7.65. The molecule has 25 heavy (non-hydrogen) atoms. The third kappa shape index (κ3) is 5.97. The van der Waals surface area contributed by atoms with Crippen molar-refractivity contribution in [2.24, 2.45) is 11.8 Å². The van der Waals surface area contributed by atoms with Gasteiger partial charge >= 0.3 is 0 Å². The molecule has 2 amide bonds. The molecule has 0 unspecified atom stereocenters. The molecule has 2 N–H and O–H groups in total. The number of hydrogen-bond acceptors (Lipinski definition) is 3. The lowest BCUT2D eigenvalue weighted by molar-refractivity contribution is -0.128. The zero-order chi connectivity index (χ0) is 18.2. The monoisotopic (exact) mass is 370 g/mol. The van der Waals surface area contributed by atoms with Gasteiger partial charge in [-0.2, -0.15) is 0 Å². The summed E-state index contributed by atoms with van der Waals surface area (Å²) in [5.74, 6) is -0.744. The molecule has 1 aromatic rings. The number of anilines is 1. The molecule has 0 heterocycles. The summed E-state index contributed by atoms with van der Waals surface area (Å²) in [6.45, 7) is 1.24. The number of ether oxygens (including phenoxy) is 1. The second-order valence-electron chi connectivity index (χ2n) is 6.30. The Balaban J connectivity index is 1.76. The van der Waals surface area contributed by atoms with E-state index in [0.717, 1.165) is 6.42 Å². The largest absolute Gasteiger partial charge is 0.385 e. The van der Waals surface area contributed by atoms with E-state index in [1.807, 2.05) is 0 Å². The van der Waals surface area contributed by atoms with Gasteiger partial charge in [0.15, 0.2) is 0 Å². The molecule has 0 aromatic heterocycles. The zero-order valence-corrected chi connectivity index (χ0v) is 15.1. The van der Waals surface area contributed by atoms with Gasteiger partial charge in [0.1, 0.15) is 5.82 Å². The lowest BCUT2D eigenvalue weighted by atomic mass is 9.81. The van der Waals surface area contributed by atoms with Gasteiger partial charge in [0, 0.05) is 37.8 Å². The van der Waals surface area contributed by atoms with Crippen LogP contribution < -0.4 is 10.6 Å². The topological polar surface area (TPSA) is 67.4 Å². The van der Waals surface area contributed by atoms with Crippen molar-refractivity contribution in [3.63, 3.8) is 0 Å². The molecule has 0 aliphatic heterocycles. The number of nitrogens with one attached hydrogen (secondary N) is 2. The molecule has 0 spiro atoms. The van der Waals surface area contributed by atoms with Crippen LogP contribution in [0.1, 0.15) is 32.1 Å². The Morgan fingerprint density at radius 3 is 2.44 bits per heavy atom. The quantitative estimate of drug-likeness (QED) is 0.723. The van der Waals surface area contributed by atoms with Gasteiger partial charge in [0.2, 0.25) is 11.8 Å². The van der Waals surface area contributed by atoms with E-state index < -0.39 is 5.82 Å². The predicted octanol–water partition coefficient (Wildman–Crippen LogP) is 3.38. The molecule has 0 atom stereocenters. The lowest BCUT2D eigenvalue weighted by Gasteiger charge is -2.27. The highest BCUT2D eigenvalue weighted by molar-refractivity contribution is 6.31. The fourth-order valence-corrected chi connectivity index (χ4v) is 3.19. The van der Waals surface area contributed by atoms with Gasteiger partial charge in [0.25, 0.3) is 0 Å². The Bertz CT molecular complexity index is 604. The maximum Gasteiger partial charge on any atom is 0.227 e. The average Bonchev–Trinajstić information content (AvgIpc) is 2.62. The van der Waals surface area contributed by atoms with Crippen LogP contribution in [0.3, 0.4) is 0 Å². The van der Waals surface area contributed by atoms with Crippen molar-refractivity contribution in [3.8, 4) is 0 Å². The van der Waals surface area contributed by atoms with E-state index in [2.05, 4.69) is 10.6 Å². The Morgan fingerprint density at radius 2 is 1.84 bits per heavy atom. The van der Waals surface area contributed by atoms with Crippen molar-refractivity contribution >= 4 is 29.1 Å². The molecule has 1 fully saturated rings. The van der Waals surface area contributed by atoms with Gasteiger partial charge in [-0.05, 0) is 50.3 Å². The minimum Gasteiger partial charge on any atom is -0.385 e. The Labute approximate surface area is 152 Å². The summed E-state index contributed by atoms with van der Waals surface area (Å²) in [5, 5.41) is 5.66. The third-order valence-corrected chi connectivity index (χ3v) is 4.77. The molecule has 5 nitrogen and oxygen atoms in total. The van der Waals surface area contributed by atoms with Crippen molar-refractivity contribution in [1.29, 1.82) is 0 Å². The van der Waals surface area contributed by atoms with Crippen molar-refractivity contribution < 1.29 is 18.7 Å². The van der Waals surface area contributed by atoms with Crippen LogP contribution in [-0.2, 0) is 14.3 Å². The minimum absolute atomic E-state index is 0.0216. The second kappa shape index (κ2) is 9.73. The van der Waals surface area contributed by atoms with Crippen LogP contribution in [0.5, 0.6) is 0 Å². The number of methoxy groups -OCH3 is 1. The van der Waals surface area contributed by atoms with Crippen LogP contribution in [-0.4, -0.2) is 32.1 Å². The number of amides is 2. The maximum atomic E-state index is 13.2. The van der Waals surface area contributed by atoms with E-state index in [0.29, 0.717) is 44.5 Å². The van der Waals surface area contributed by atoms with Crippen LogP contribution in [0.2, 0.25) is 5.02 Å². The second-order valence-corrected chi connectivity index (χ2v) is 6.71. The highest BCUT2D eigenvalue weighted by atomic mass is 35.5. The standard InChI is InChI=1S/C18H24ClFN2O3/c1-25-10-2-9-21-17(23)12-3-5-13(6-4-12)18(24)22-14-7-8-16(20)15(19)11-14/h7-8,11-13H,2-6,9-10H2,1H3,(H,21,23)(H,22,24). The molecule has 2 rings (SSSR count). The molecule has 0 radical (unpaired) electrons. The Hall–Kier alpha value is -1.66. The SMILES string of the molecule is COCCCNC(=O)C1CCC(C(=O)Nc2ccc(F)c(Cl)c2)CC1. The van der Waals surface area contributed by atoms with Gasteiger partial charge in [0.05, 0.1) is 5.02 Å². The van der Waals surface area contributed by atoms with Crippen molar-refractivity contribution in [1.82, 2.24) is 5.32 Å². The fraction of sp³-hybridized carbons (Fsp3) is 0.556. The first-order valence-corrected chi connectivity index (χ1v) is 8.91. The maximum absolute atomic E-state index is 13.2. The number of benzene rings is 1. The molecule has 138 valence electrons. The van der Waals surface area contributed by atoms with E-state index in [4.69, 9.17) is 16.3 Å². The fourth-order valence-electron chi connectivity index (χ4n) is 3.01. The smallest absolute Gasteiger partial charge is 0.227 e. The third-order valence-electron chi connectivity index (χ3n) is 4.48. The normalized spacial score (nSPS) is 20.1. The number of rotatable bonds is 7. The average molecular weight is 371 g/mol. The summed E-state index contributed by atoms with van der Waals surface area (Å²) in [5.41, 5.74) is 0.481. The van der Waals surface area contributed by atoms with Gasteiger partial charge in [-0.3, -0.25) is 9.59 Å². The summed E-state index contributed by atoms with van der Waals surface area (Å²) in [7, 11) is 1.63. The molecule has 0 bridgehead atoms. The highest BCUT2D eigenvalue weighted by Crippen LogP contribution is 2.30. The predicted molar refractivity (Wildman–Crippen MR) is 95.0 cm³/mol. The summed E-state index contributed by atoms with van der Waals surface area (Å²) in [6.07, 6.45) is 3.50. The molecule has 1 aromatic carbocycles. The van der Waals surface area contributed by atoms with Gasteiger partial charge in [-0.1, -0.05) is 11.6 Å². The van der Waals surface area contributed by atoms with E-state index in [1.54, 1.807) is 7.11 Å². The first-order valence-electron chi connectivity index (χ1n) is 8.54. The van der Waals surface area contributed by atoms with E-state index in [9.17, 15) is 14.0 Å². The summed E-state index contributed by atoms with van der Waals surface area (Å²) >= 11 is 5.72. The zero-order valence-electron chi connectivity index (χ0n) is 14.3. The van der Waals surface area contributed by atoms with Crippen LogP contribution >= 0.6 is 11.6 Å². The van der Waals surface area contributed by atoms with Crippen LogP contribution in [0.4, 0.5) is 10.1 Å². The van der Waals surface area contributed by atoms with Crippen molar-refractivity contribution in [2.75, 3.05) is 25.6 Å². The molecular formula is C18H24ClFN2O3. The summed E-state index contributed by atoms with van der Waals surface area (Å²) in [4.78, 5) is 24.4. The first-order chi connectivity index (χ1) is 12.0. The van der Waals surface area contributed by atoms with Crippen LogP contribution in [0.15, 0.2) is 18.2 Å². The summed E-state index contributed by atoms with van der Waals surface area (Å²) in [6, 6.07) is 4.11. The number of halogens is 2. The Morgan fingerprint density at radius 1 is 1.20 bits per heavy atom. The van der Waals surface area contributed by atoms with E-state index in [-0.39, 0.29) is 28.7 Å². The number of carbonyl (C=O) groups excluding carboxylic acids is 2. The minimum atomic E-state index is -0.517. The van der Waals surface area contributed by atoms with E-state index >= 15 is 0 Å². The van der Waals surface area contributed by atoms with Crippen LogP contribution in [0.25, 0.3) is 0 Å². The lowest BCUT2D eigenvalue weighted by Crippen LogP contribution is -2.36. The van der Waals surface area contributed by atoms with Crippen LogP contribution in [0, 0.1) is 17.7 Å². The van der Waals surface area contributed by atoms with Crippen molar-refractivity contribution in [2.45, 2.75) is 32.1 Å². The molecular weight excluding hydrogens is 347 g/mol. The van der Waals surface area contributed by atoms with Crippen molar-refractivity contribution in [3.05, 3.63) is 29.0 Å². The van der Waals surface area contributed by atoms with Gasteiger partial charge in [-0.25, -0.2) is 4.39 Å². The highest BCUT2D eigenvalue weighted by Gasteiger charge is 2.29. The number of hydrogen-bond donors (Lipinski definition) is 2. The molecule has 1 saturated carbocycles. The summed E-state index contributed by atoms with van der Waals surface area (Å²) < 4.78 is 18.1.